The minimum Gasteiger partial charge on any atom is -0.339 e. The minimum absolute atomic E-state index is 0.160. The van der Waals surface area contributed by atoms with E-state index in [9.17, 15) is 13.6 Å². The molecule has 1 aromatic rings. The average Bonchev–Trinajstić information content (AvgIpc) is 2.36. The molecule has 0 atom stereocenters. The second kappa shape index (κ2) is 5.04. The number of halogens is 2. The summed E-state index contributed by atoms with van der Waals surface area (Å²) in [6.07, 6.45) is 1.84. The van der Waals surface area contributed by atoms with Crippen molar-refractivity contribution in [1.82, 2.24) is 4.90 Å². The fourth-order valence-corrected chi connectivity index (χ4v) is 2.19. The Balaban J connectivity index is 2.21. The summed E-state index contributed by atoms with van der Waals surface area (Å²) in [5.74, 6) is -1.77. The van der Waals surface area contributed by atoms with E-state index in [1.807, 2.05) is 0 Å². The smallest absolute Gasteiger partial charge is 0.256 e. The first-order chi connectivity index (χ1) is 8.50. The van der Waals surface area contributed by atoms with E-state index in [1.54, 1.807) is 4.90 Å². The largest absolute Gasteiger partial charge is 0.339 e. The van der Waals surface area contributed by atoms with Crippen LogP contribution in [0.2, 0.25) is 0 Å². The number of nitrogens with zero attached hydrogens (tertiary/aromatic N) is 1. The molecule has 0 aliphatic carbocycles. The Hall–Kier alpha value is -1.45. The van der Waals surface area contributed by atoms with E-state index in [2.05, 4.69) is 6.92 Å². The topological polar surface area (TPSA) is 20.3 Å². The lowest BCUT2D eigenvalue weighted by Crippen LogP contribution is -2.38. The second-order valence-electron chi connectivity index (χ2n) is 5.03. The van der Waals surface area contributed by atoms with Crippen LogP contribution in [0, 0.1) is 24.5 Å². The molecule has 98 valence electrons. The molecule has 1 aliphatic heterocycles. The molecule has 1 aromatic carbocycles. The lowest BCUT2D eigenvalue weighted by atomic mass is 9.98. The lowest BCUT2D eigenvalue weighted by Gasteiger charge is -2.30. The molecule has 1 aliphatic rings. The quantitative estimate of drug-likeness (QED) is 0.753. The Morgan fingerprint density at radius 3 is 2.44 bits per heavy atom. The number of hydrogen-bond acceptors (Lipinski definition) is 1. The van der Waals surface area contributed by atoms with Crippen molar-refractivity contribution in [3.05, 3.63) is 34.9 Å². The van der Waals surface area contributed by atoms with Crippen LogP contribution >= 0.6 is 0 Å². The zero-order valence-electron chi connectivity index (χ0n) is 10.7. The lowest BCUT2D eigenvalue weighted by molar-refractivity contribution is 0.0691. The summed E-state index contributed by atoms with van der Waals surface area (Å²) in [5, 5.41) is 0. The minimum atomic E-state index is -1.03. The highest BCUT2D eigenvalue weighted by molar-refractivity contribution is 5.94. The Kier molecular flexibility index (Phi) is 3.64. The number of hydrogen-bond donors (Lipinski definition) is 0. The molecule has 0 bridgehead atoms. The van der Waals surface area contributed by atoms with Crippen molar-refractivity contribution in [3.8, 4) is 0 Å². The Morgan fingerprint density at radius 1 is 1.22 bits per heavy atom. The third kappa shape index (κ3) is 2.37. The number of benzene rings is 1. The van der Waals surface area contributed by atoms with Crippen LogP contribution in [0.1, 0.15) is 35.7 Å². The molecule has 1 amide bonds. The molecular formula is C14H17F2NO. The van der Waals surface area contributed by atoms with Gasteiger partial charge in [0, 0.05) is 13.1 Å². The van der Waals surface area contributed by atoms with Gasteiger partial charge in [-0.2, -0.15) is 0 Å². The van der Waals surface area contributed by atoms with Crippen LogP contribution in [-0.2, 0) is 0 Å². The molecule has 0 saturated carbocycles. The summed E-state index contributed by atoms with van der Waals surface area (Å²) in [7, 11) is 0. The van der Waals surface area contributed by atoms with Crippen molar-refractivity contribution in [2.24, 2.45) is 5.92 Å². The maximum Gasteiger partial charge on any atom is 0.256 e. The third-order valence-corrected chi connectivity index (χ3v) is 3.58. The van der Waals surface area contributed by atoms with E-state index in [0.717, 1.165) is 12.8 Å². The summed E-state index contributed by atoms with van der Waals surface area (Å²) in [6, 6.07) is 2.81. The summed E-state index contributed by atoms with van der Waals surface area (Å²) in [4.78, 5) is 13.7. The van der Waals surface area contributed by atoms with Crippen LogP contribution in [0.25, 0.3) is 0 Å². The number of amides is 1. The van der Waals surface area contributed by atoms with E-state index in [4.69, 9.17) is 0 Å². The molecule has 0 radical (unpaired) electrons. The zero-order chi connectivity index (χ0) is 13.3. The van der Waals surface area contributed by atoms with E-state index in [1.165, 1.54) is 19.1 Å². The second-order valence-corrected chi connectivity index (χ2v) is 5.03. The molecule has 0 unspecified atom stereocenters. The van der Waals surface area contributed by atoms with Gasteiger partial charge in [0.05, 0.1) is 5.56 Å². The van der Waals surface area contributed by atoms with Gasteiger partial charge in [0.25, 0.3) is 5.91 Å². The summed E-state index contributed by atoms with van der Waals surface area (Å²) in [6.45, 7) is 4.85. The van der Waals surface area contributed by atoms with Gasteiger partial charge in [-0.3, -0.25) is 4.79 Å². The standard InChI is InChI=1S/C14H17F2NO/c1-9-5-7-17(8-6-9)14(18)11-4-3-10(2)12(15)13(11)16/h3-4,9H,5-8H2,1-2H3. The molecule has 1 fully saturated rings. The Morgan fingerprint density at radius 2 is 1.83 bits per heavy atom. The van der Waals surface area contributed by atoms with Crippen molar-refractivity contribution >= 4 is 5.91 Å². The monoisotopic (exact) mass is 253 g/mol. The molecule has 1 saturated heterocycles. The number of piperidine rings is 1. The molecule has 0 N–H and O–H groups in total. The van der Waals surface area contributed by atoms with Crippen LogP contribution in [0.4, 0.5) is 8.78 Å². The van der Waals surface area contributed by atoms with Crippen molar-refractivity contribution in [2.45, 2.75) is 26.7 Å². The van der Waals surface area contributed by atoms with Crippen molar-refractivity contribution in [3.63, 3.8) is 0 Å². The van der Waals surface area contributed by atoms with Crippen LogP contribution in [0.3, 0.4) is 0 Å². The van der Waals surface area contributed by atoms with Crippen molar-refractivity contribution in [2.75, 3.05) is 13.1 Å². The highest BCUT2D eigenvalue weighted by atomic mass is 19.2. The van der Waals surface area contributed by atoms with Crippen LogP contribution < -0.4 is 0 Å². The first-order valence-electron chi connectivity index (χ1n) is 6.24. The van der Waals surface area contributed by atoms with E-state index >= 15 is 0 Å². The number of likely N-dealkylation sites (tertiary alicyclic amines) is 1. The van der Waals surface area contributed by atoms with Gasteiger partial charge < -0.3 is 4.90 Å². The third-order valence-electron chi connectivity index (χ3n) is 3.58. The average molecular weight is 253 g/mol. The van der Waals surface area contributed by atoms with Gasteiger partial charge >= 0.3 is 0 Å². The molecule has 0 spiro atoms. The molecule has 1 heterocycles. The fraction of sp³-hybridized carbons (Fsp3) is 0.500. The Bertz CT molecular complexity index is 465. The number of rotatable bonds is 1. The van der Waals surface area contributed by atoms with E-state index < -0.39 is 17.5 Å². The maximum atomic E-state index is 13.7. The van der Waals surface area contributed by atoms with Crippen LogP contribution in [-0.4, -0.2) is 23.9 Å². The van der Waals surface area contributed by atoms with Gasteiger partial charge in [-0.1, -0.05) is 13.0 Å². The molecule has 18 heavy (non-hydrogen) atoms. The van der Waals surface area contributed by atoms with Crippen molar-refractivity contribution in [1.29, 1.82) is 0 Å². The van der Waals surface area contributed by atoms with Gasteiger partial charge in [0.1, 0.15) is 0 Å². The number of carbonyl (C=O) groups excluding carboxylic acids is 1. The zero-order valence-corrected chi connectivity index (χ0v) is 10.7. The van der Waals surface area contributed by atoms with Gasteiger partial charge in [-0.15, -0.1) is 0 Å². The normalized spacial score (nSPS) is 17.0. The first-order valence-corrected chi connectivity index (χ1v) is 6.24. The summed E-state index contributed by atoms with van der Waals surface area (Å²) in [5.41, 5.74) is 0.0592. The Labute approximate surface area is 106 Å². The van der Waals surface area contributed by atoms with E-state index in [0.29, 0.717) is 19.0 Å². The van der Waals surface area contributed by atoms with Gasteiger partial charge in [0.2, 0.25) is 0 Å². The molecule has 2 rings (SSSR count). The molecule has 4 heteroatoms. The highest BCUT2D eigenvalue weighted by Crippen LogP contribution is 2.21. The fourth-order valence-electron chi connectivity index (χ4n) is 2.19. The summed E-state index contributed by atoms with van der Waals surface area (Å²) < 4.78 is 27.2. The van der Waals surface area contributed by atoms with Gasteiger partial charge in [-0.25, -0.2) is 8.78 Å². The first kappa shape index (κ1) is 13.0. The van der Waals surface area contributed by atoms with Gasteiger partial charge in [-0.05, 0) is 37.3 Å². The predicted octanol–water partition coefficient (Wildman–Crippen LogP) is 3.15. The maximum absolute atomic E-state index is 13.7. The van der Waals surface area contributed by atoms with Crippen molar-refractivity contribution < 1.29 is 13.6 Å². The van der Waals surface area contributed by atoms with Crippen LogP contribution in [0.5, 0.6) is 0 Å². The number of carbonyl (C=O) groups is 1. The molecule has 0 aromatic heterocycles. The van der Waals surface area contributed by atoms with E-state index in [-0.39, 0.29) is 11.1 Å². The molecular weight excluding hydrogens is 236 g/mol. The number of aryl methyl sites for hydroxylation is 1. The van der Waals surface area contributed by atoms with Gasteiger partial charge in [0.15, 0.2) is 11.6 Å². The SMILES string of the molecule is Cc1ccc(C(=O)N2CCC(C)CC2)c(F)c1F. The summed E-state index contributed by atoms with van der Waals surface area (Å²) >= 11 is 0. The highest BCUT2D eigenvalue weighted by Gasteiger charge is 2.25. The van der Waals surface area contributed by atoms with Crippen LogP contribution in [0.15, 0.2) is 12.1 Å². The molecule has 2 nitrogen and oxygen atoms in total. The predicted molar refractivity (Wildman–Crippen MR) is 65.4 cm³/mol.